The van der Waals surface area contributed by atoms with Crippen LogP contribution in [0, 0.1) is 13.8 Å². The number of carbonyl (C=O) groups is 1. The zero-order valence-corrected chi connectivity index (χ0v) is 14.6. The van der Waals surface area contributed by atoms with Gasteiger partial charge in [-0.05, 0) is 44.0 Å². The van der Waals surface area contributed by atoms with E-state index in [2.05, 4.69) is 39.4 Å². The predicted molar refractivity (Wildman–Crippen MR) is 94.1 cm³/mol. The molecule has 0 aromatic heterocycles. The Morgan fingerprint density at radius 3 is 2.45 bits per heavy atom. The first-order chi connectivity index (χ1) is 10.5. The molecule has 0 radical (unpaired) electrons. The van der Waals surface area contributed by atoms with Gasteiger partial charge in [0.15, 0.2) is 0 Å². The molecule has 0 spiro atoms. The highest BCUT2D eigenvalue weighted by atomic mass is 79.9. The van der Waals surface area contributed by atoms with Crippen LogP contribution < -0.4 is 5.43 Å². The summed E-state index contributed by atoms with van der Waals surface area (Å²) in [5.41, 5.74) is 7.81. The summed E-state index contributed by atoms with van der Waals surface area (Å²) in [5.74, 6) is -0.119. The van der Waals surface area contributed by atoms with Crippen molar-refractivity contribution >= 4 is 27.5 Å². The minimum Gasteiger partial charge on any atom is -0.273 e. The fourth-order valence-electron chi connectivity index (χ4n) is 2.25. The minimum atomic E-state index is -0.119. The van der Waals surface area contributed by atoms with E-state index < -0.39 is 0 Å². The average Bonchev–Trinajstić information content (AvgIpc) is 2.47. The van der Waals surface area contributed by atoms with Gasteiger partial charge < -0.3 is 0 Å². The third-order valence-corrected chi connectivity index (χ3v) is 3.93. The van der Waals surface area contributed by atoms with Crippen molar-refractivity contribution in [3.63, 3.8) is 0 Å². The number of hydrazone groups is 1. The molecule has 0 aliphatic heterocycles. The zero-order chi connectivity index (χ0) is 16.1. The molecule has 4 heteroatoms. The molecular weight excluding hydrogens is 340 g/mol. The van der Waals surface area contributed by atoms with Crippen molar-refractivity contribution in [2.24, 2.45) is 5.10 Å². The van der Waals surface area contributed by atoms with E-state index in [1.54, 1.807) is 0 Å². The Balaban J connectivity index is 2.00. The summed E-state index contributed by atoms with van der Waals surface area (Å²) in [4.78, 5) is 11.9. The fraction of sp³-hybridized carbons (Fsp3) is 0.222. The average molecular weight is 359 g/mol. The molecule has 0 aliphatic rings. The van der Waals surface area contributed by atoms with E-state index in [1.807, 2.05) is 50.2 Å². The monoisotopic (exact) mass is 358 g/mol. The number of benzene rings is 2. The van der Waals surface area contributed by atoms with Crippen LogP contribution in [0.5, 0.6) is 0 Å². The number of nitrogens with zero attached hydrogens (tertiary/aromatic N) is 1. The molecule has 0 aliphatic carbocycles. The molecule has 3 nitrogen and oxygen atoms in total. The molecular formula is C18H19BrN2O. The highest BCUT2D eigenvalue weighted by Gasteiger charge is 2.05. The third kappa shape index (κ3) is 4.53. The summed E-state index contributed by atoms with van der Waals surface area (Å²) in [6.45, 7) is 6.01. The van der Waals surface area contributed by atoms with Crippen molar-refractivity contribution in [2.45, 2.75) is 27.2 Å². The highest BCUT2D eigenvalue weighted by molar-refractivity contribution is 9.10. The van der Waals surface area contributed by atoms with Crippen molar-refractivity contribution in [1.29, 1.82) is 0 Å². The molecule has 1 amide bonds. The van der Waals surface area contributed by atoms with Crippen LogP contribution in [0.3, 0.4) is 0 Å². The zero-order valence-electron chi connectivity index (χ0n) is 13.0. The van der Waals surface area contributed by atoms with E-state index in [4.69, 9.17) is 0 Å². The first-order valence-electron chi connectivity index (χ1n) is 7.11. The Hall–Kier alpha value is -1.94. The van der Waals surface area contributed by atoms with E-state index in [0.29, 0.717) is 6.42 Å². The molecule has 22 heavy (non-hydrogen) atoms. The van der Waals surface area contributed by atoms with Crippen LogP contribution in [0.1, 0.15) is 29.2 Å². The van der Waals surface area contributed by atoms with E-state index in [9.17, 15) is 4.79 Å². The van der Waals surface area contributed by atoms with Crippen LogP contribution in [0.2, 0.25) is 0 Å². The Morgan fingerprint density at radius 1 is 1.14 bits per heavy atom. The fourth-order valence-corrected chi connectivity index (χ4v) is 2.52. The predicted octanol–water partition coefficient (Wildman–Crippen LogP) is 4.15. The van der Waals surface area contributed by atoms with Crippen LogP contribution in [0.4, 0.5) is 0 Å². The maximum Gasteiger partial charge on any atom is 0.244 e. The van der Waals surface area contributed by atoms with Gasteiger partial charge >= 0.3 is 0 Å². The number of hydrogen-bond donors (Lipinski definition) is 1. The smallest absolute Gasteiger partial charge is 0.244 e. The standard InChI is InChI=1S/C18H19BrN2O/c1-12-4-9-17(13(2)10-12)14(3)20-21-18(22)11-15-5-7-16(19)8-6-15/h4-10H,11H2,1-3H3,(H,21,22)/b20-14-. The van der Waals surface area contributed by atoms with E-state index >= 15 is 0 Å². The third-order valence-electron chi connectivity index (χ3n) is 3.40. The summed E-state index contributed by atoms with van der Waals surface area (Å²) in [5, 5.41) is 4.21. The van der Waals surface area contributed by atoms with Crippen LogP contribution >= 0.6 is 15.9 Å². The second-order valence-corrected chi connectivity index (χ2v) is 6.27. The number of carbonyl (C=O) groups excluding carboxylic acids is 1. The van der Waals surface area contributed by atoms with Crippen molar-refractivity contribution in [2.75, 3.05) is 0 Å². The van der Waals surface area contributed by atoms with Crippen LogP contribution in [-0.4, -0.2) is 11.6 Å². The molecule has 0 atom stereocenters. The molecule has 2 aromatic rings. The first kappa shape index (κ1) is 16.4. The summed E-state index contributed by atoms with van der Waals surface area (Å²) in [6, 6.07) is 13.9. The lowest BCUT2D eigenvalue weighted by Crippen LogP contribution is -2.21. The summed E-state index contributed by atoms with van der Waals surface area (Å²) >= 11 is 3.38. The van der Waals surface area contributed by atoms with Gasteiger partial charge in [-0.3, -0.25) is 4.79 Å². The summed E-state index contributed by atoms with van der Waals surface area (Å²) in [7, 11) is 0. The van der Waals surface area contributed by atoms with E-state index in [0.717, 1.165) is 26.9 Å². The number of amides is 1. The lowest BCUT2D eigenvalue weighted by molar-refractivity contribution is -0.120. The minimum absolute atomic E-state index is 0.119. The maximum absolute atomic E-state index is 11.9. The molecule has 2 rings (SSSR count). The van der Waals surface area contributed by atoms with Crippen molar-refractivity contribution < 1.29 is 4.79 Å². The quantitative estimate of drug-likeness (QED) is 0.647. The lowest BCUT2D eigenvalue weighted by Gasteiger charge is -2.07. The number of halogens is 1. The highest BCUT2D eigenvalue weighted by Crippen LogP contribution is 2.12. The SMILES string of the molecule is C/C(=N/NC(=O)Cc1ccc(Br)cc1)c1ccc(C)cc1C. The Morgan fingerprint density at radius 2 is 1.82 bits per heavy atom. The Labute approximate surface area is 139 Å². The van der Waals surface area contributed by atoms with Crippen LogP contribution in [-0.2, 0) is 11.2 Å². The van der Waals surface area contributed by atoms with Gasteiger partial charge in [-0.25, -0.2) is 5.43 Å². The van der Waals surface area contributed by atoms with Crippen molar-refractivity contribution in [3.05, 3.63) is 69.2 Å². The Kier molecular flexibility index (Phi) is 5.50. The summed E-state index contributed by atoms with van der Waals surface area (Å²) in [6.07, 6.45) is 0.316. The number of hydrogen-bond acceptors (Lipinski definition) is 2. The molecule has 0 unspecified atom stereocenters. The second-order valence-electron chi connectivity index (χ2n) is 5.35. The molecule has 0 fully saturated rings. The van der Waals surface area contributed by atoms with Gasteiger partial charge in [0, 0.05) is 10.0 Å². The summed E-state index contributed by atoms with van der Waals surface area (Å²) < 4.78 is 1.00. The normalized spacial score (nSPS) is 11.4. The van der Waals surface area contributed by atoms with Gasteiger partial charge in [0.25, 0.3) is 0 Å². The maximum atomic E-state index is 11.9. The lowest BCUT2D eigenvalue weighted by atomic mass is 10.0. The number of rotatable bonds is 4. The molecule has 2 aromatic carbocycles. The van der Waals surface area contributed by atoms with Gasteiger partial charge in [-0.1, -0.05) is 51.8 Å². The number of nitrogens with one attached hydrogen (secondary N) is 1. The van der Waals surface area contributed by atoms with Gasteiger partial charge in [0.1, 0.15) is 0 Å². The van der Waals surface area contributed by atoms with E-state index in [1.165, 1.54) is 5.56 Å². The van der Waals surface area contributed by atoms with E-state index in [-0.39, 0.29) is 5.91 Å². The second kappa shape index (κ2) is 7.36. The molecule has 114 valence electrons. The first-order valence-corrected chi connectivity index (χ1v) is 7.90. The molecule has 0 saturated heterocycles. The van der Waals surface area contributed by atoms with Gasteiger partial charge in [-0.15, -0.1) is 0 Å². The largest absolute Gasteiger partial charge is 0.273 e. The molecule has 1 N–H and O–H groups in total. The van der Waals surface area contributed by atoms with Gasteiger partial charge in [0.05, 0.1) is 12.1 Å². The van der Waals surface area contributed by atoms with Crippen LogP contribution in [0.15, 0.2) is 52.0 Å². The molecule has 0 saturated carbocycles. The Bertz CT molecular complexity index is 706. The van der Waals surface area contributed by atoms with Crippen molar-refractivity contribution in [3.8, 4) is 0 Å². The van der Waals surface area contributed by atoms with Crippen LogP contribution in [0.25, 0.3) is 0 Å². The molecule has 0 bridgehead atoms. The number of aryl methyl sites for hydroxylation is 2. The van der Waals surface area contributed by atoms with Gasteiger partial charge in [0.2, 0.25) is 5.91 Å². The molecule has 0 heterocycles. The topological polar surface area (TPSA) is 41.5 Å². The van der Waals surface area contributed by atoms with Crippen molar-refractivity contribution in [1.82, 2.24) is 5.43 Å². The van der Waals surface area contributed by atoms with Gasteiger partial charge in [-0.2, -0.15) is 5.10 Å².